The molecular weight excluding hydrogens is 292 g/mol. The van der Waals surface area contributed by atoms with E-state index in [-0.39, 0.29) is 30.1 Å². The van der Waals surface area contributed by atoms with Gasteiger partial charge in [0.2, 0.25) is 5.91 Å². The summed E-state index contributed by atoms with van der Waals surface area (Å²) in [6.45, 7) is 3.85. The minimum Gasteiger partial charge on any atom is -0.366 e. The van der Waals surface area contributed by atoms with E-state index < -0.39 is 0 Å². The number of hydrogen-bond donors (Lipinski definition) is 2. The molecule has 1 amide bonds. The Morgan fingerprint density at radius 2 is 2.35 bits per heavy atom. The molecule has 4 aliphatic rings. The van der Waals surface area contributed by atoms with E-state index in [1.165, 1.54) is 0 Å². The number of aliphatic imine (C=N–C) groups is 1. The van der Waals surface area contributed by atoms with Crippen LogP contribution in [0.3, 0.4) is 0 Å². The average Bonchev–Trinajstić information content (AvgIpc) is 3.11. The fourth-order valence-corrected chi connectivity index (χ4v) is 4.30. The Balaban J connectivity index is 1.59. The van der Waals surface area contributed by atoms with Crippen molar-refractivity contribution in [2.75, 3.05) is 13.1 Å². The van der Waals surface area contributed by atoms with Crippen LogP contribution in [-0.2, 0) is 4.79 Å². The van der Waals surface area contributed by atoms with Gasteiger partial charge in [0, 0.05) is 18.7 Å². The third-order valence-corrected chi connectivity index (χ3v) is 5.67. The first-order valence-electron chi connectivity index (χ1n) is 8.06. The van der Waals surface area contributed by atoms with Gasteiger partial charge in [-0.05, 0) is 32.0 Å². The second-order valence-corrected chi connectivity index (χ2v) is 6.48. The van der Waals surface area contributed by atoms with Crippen molar-refractivity contribution in [1.82, 2.24) is 20.4 Å². The zero-order chi connectivity index (χ0) is 16.0. The lowest BCUT2D eigenvalue weighted by atomic mass is 9.78. The number of nitriles is 1. The molecule has 0 aromatic heterocycles. The monoisotopic (exact) mass is 312 g/mol. The number of amides is 1. The van der Waals surface area contributed by atoms with Crippen molar-refractivity contribution < 1.29 is 4.79 Å². The van der Waals surface area contributed by atoms with Gasteiger partial charge in [0.25, 0.3) is 0 Å². The second-order valence-electron chi connectivity index (χ2n) is 6.48. The molecule has 2 fully saturated rings. The van der Waals surface area contributed by atoms with Crippen LogP contribution in [0.15, 0.2) is 28.7 Å². The number of fused-ring (bicyclic) bond motifs is 1. The van der Waals surface area contributed by atoms with Crippen LogP contribution in [-0.4, -0.2) is 52.9 Å². The van der Waals surface area contributed by atoms with Crippen molar-refractivity contribution >= 4 is 12.2 Å². The Hall–Kier alpha value is -2.49. The highest BCUT2D eigenvalue weighted by Gasteiger charge is 2.56. The zero-order valence-electron chi connectivity index (χ0n) is 13.1. The molecule has 1 spiro atoms. The van der Waals surface area contributed by atoms with Crippen LogP contribution in [0.5, 0.6) is 0 Å². The largest absolute Gasteiger partial charge is 0.366 e. The van der Waals surface area contributed by atoms with E-state index >= 15 is 0 Å². The lowest BCUT2D eigenvalue weighted by Crippen LogP contribution is -2.66. The highest BCUT2D eigenvalue weighted by atomic mass is 16.2. The lowest BCUT2D eigenvalue weighted by Gasteiger charge is -2.54. The number of likely N-dealkylation sites (tertiary alicyclic amines) is 2. The Morgan fingerprint density at radius 1 is 1.52 bits per heavy atom. The topological polar surface area (TPSA) is 83.8 Å². The maximum atomic E-state index is 12.2. The smallest absolute Gasteiger partial charge is 0.237 e. The Kier molecular flexibility index (Phi) is 3.08. The normalized spacial score (nSPS) is 34.1. The maximum absolute atomic E-state index is 12.2. The van der Waals surface area contributed by atoms with Gasteiger partial charge >= 0.3 is 0 Å². The molecule has 2 N–H and O–H groups in total. The summed E-state index contributed by atoms with van der Waals surface area (Å²) < 4.78 is 0. The van der Waals surface area contributed by atoms with E-state index in [0.717, 1.165) is 37.3 Å². The fraction of sp³-hybridized carbons (Fsp3) is 0.562. The Labute approximate surface area is 135 Å². The predicted octanol–water partition coefficient (Wildman–Crippen LogP) is 0.251. The summed E-state index contributed by atoms with van der Waals surface area (Å²) >= 11 is 0. The van der Waals surface area contributed by atoms with Crippen LogP contribution in [0.2, 0.25) is 0 Å². The number of carbonyl (C=O) groups is 1. The van der Waals surface area contributed by atoms with Crippen LogP contribution in [0.25, 0.3) is 0 Å². The first-order valence-corrected chi connectivity index (χ1v) is 8.06. The highest BCUT2D eigenvalue weighted by molar-refractivity contribution is 5.80. The standard InChI is InChI=1S/C16H20N6O/c1-11-16(5-9-22(16)13(23)2-6-17)4-8-21(11)15-12-3-7-18-14(12)19-10-20-15/h3,7,10-11,14,18H,2,4-5,8-9H2,1H3,(H,19,20). The molecule has 0 aliphatic carbocycles. The molecule has 7 nitrogen and oxygen atoms in total. The minimum absolute atomic E-state index is 0.00675. The molecule has 3 atom stereocenters. The van der Waals surface area contributed by atoms with Crippen LogP contribution in [0, 0.1) is 11.3 Å². The van der Waals surface area contributed by atoms with Gasteiger partial charge in [-0.3, -0.25) is 4.79 Å². The molecule has 0 aromatic carbocycles. The molecule has 7 heteroatoms. The summed E-state index contributed by atoms with van der Waals surface area (Å²) in [5.41, 5.74) is 1.02. The van der Waals surface area contributed by atoms with E-state index in [9.17, 15) is 4.79 Å². The number of rotatable bonds is 2. The summed E-state index contributed by atoms with van der Waals surface area (Å²) in [6.07, 6.45) is 7.64. The summed E-state index contributed by atoms with van der Waals surface area (Å²) in [4.78, 5) is 20.9. The van der Waals surface area contributed by atoms with E-state index in [0.29, 0.717) is 0 Å². The van der Waals surface area contributed by atoms with Crippen LogP contribution in [0.1, 0.15) is 26.2 Å². The van der Waals surface area contributed by atoms with Crippen molar-refractivity contribution in [2.24, 2.45) is 4.99 Å². The van der Waals surface area contributed by atoms with E-state index in [4.69, 9.17) is 5.26 Å². The number of nitrogens with zero attached hydrogens (tertiary/aromatic N) is 4. The SMILES string of the molecule is CC1N(C2=C3C=CNC3N=CN2)CCC12CCN2C(=O)CC#N. The first kappa shape index (κ1) is 14.1. The molecule has 120 valence electrons. The molecule has 2 saturated heterocycles. The highest BCUT2D eigenvalue weighted by Crippen LogP contribution is 2.45. The van der Waals surface area contributed by atoms with Crippen molar-refractivity contribution in [3.8, 4) is 6.07 Å². The fourth-order valence-electron chi connectivity index (χ4n) is 4.30. The minimum atomic E-state index is -0.122. The molecule has 3 unspecified atom stereocenters. The molecule has 0 radical (unpaired) electrons. The van der Waals surface area contributed by atoms with Crippen molar-refractivity contribution in [1.29, 1.82) is 5.26 Å². The van der Waals surface area contributed by atoms with Gasteiger partial charge in [-0.2, -0.15) is 5.26 Å². The molecule has 4 heterocycles. The lowest BCUT2D eigenvalue weighted by molar-refractivity contribution is -0.148. The predicted molar refractivity (Wildman–Crippen MR) is 84.8 cm³/mol. The number of carbonyl (C=O) groups excluding carboxylic acids is 1. The summed E-state index contributed by atoms with van der Waals surface area (Å²) in [6, 6.07) is 2.20. The summed E-state index contributed by atoms with van der Waals surface area (Å²) in [5, 5.41) is 15.3. The summed E-state index contributed by atoms with van der Waals surface area (Å²) in [5.74, 6) is 1.04. The molecule has 4 rings (SSSR count). The van der Waals surface area contributed by atoms with Crippen LogP contribution < -0.4 is 10.6 Å². The third-order valence-electron chi connectivity index (χ3n) is 5.67. The molecule has 0 aromatic rings. The van der Waals surface area contributed by atoms with Gasteiger partial charge in [-0.1, -0.05) is 0 Å². The molecular formula is C16H20N6O. The maximum Gasteiger partial charge on any atom is 0.237 e. The van der Waals surface area contributed by atoms with Gasteiger partial charge < -0.3 is 20.4 Å². The summed E-state index contributed by atoms with van der Waals surface area (Å²) in [7, 11) is 0. The number of nitrogens with one attached hydrogen (secondary N) is 2. The van der Waals surface area contributed by atoms with Gasteiger partial charge in [-0.15, -0.1) is 0 Å². The Bertz CT molecular complexity index is 675. The second kappa shape index (κ2) is 5.01. The van der Waals surface area contributed by atoms with Gasteiger partial charge in [0.15, 0.2) is 0 Å². The first-order chi connectivity index (χ1) is 11.2. The third kappa shape index (κ3) is 1.87. The number of hydrogen-bond acceptors (Lipinski definition) is 6. The average molecular weight is 312 g/mol. The van der Waals surface area contributed by atoms with Crippen LogP contribution >= 0.6 is 0 Å². The Morgan fingerprint density at radius 3 is 3.09 bits per heavy atom. The van der Waals surface area contributed by atoms with E-state index in [2.05, 4.69) is 33.5 Å². The van der Waals surface area contributed by atoms with Crippen molar-refractivity contribution in [3.63, 3.8) is 0 Å². The molecule has 23 heavy (non-hydrogen) atoms. The van der Waals surface area contributed by atoms with E-state index in [1.807, 2.05) is 17.2 Å². The van der Waals surface area contributed by atoms with Gasteiger partial charge in [0.1, 0.15) is 18.4 Å². The van der Waals surface area contributed by atoms with Gasteiger partial charge in [0.05, 0.1) is 24.0 Å². The zero-order valence-corrected chi connectivity index (χ0v) is 13.1. The van der Waals surface area contributed by atoms with Crippen molar-refractivity contribution in [3.05, 3.63) is 23.7 Å². The quantitative estimate of drug-likeness (QED) is 0.764. The van der Waals surface area contributed by atoms with E-state index in [1.54, 1.807) is 6.34 Å². The molecule has 0 bridgehead atoms. The van der Waals surface area contributed by atoms with Gasteiger partial charge in [-0.25, -0.2) is 4.99 Å². The molecule has 4 aliphatic heterocycles. The molecule has 0 saturated carbocycles. The van der Waals surface area contributed by atoms with Crippen LogP contribution in [0.4, 0.5) is 0 Å². The van der Waals surface area contributed by atoms with Crippen molar-refractivity contribution in [2.45, 2.75) is 43.9 Å².